The summed E-state index contributed by atoms with van der Waals surface area (Å²) in [5.74, 6) is -1.87. The molecule has 0 spiro atoms. The molecule has 41 heavy (non-hydrogen) atoms. The molecular formula is C25H21F6N3O4S3. The third-order valence-corrected chi connectivity index (χ3v) is 8.57. The summed E-state index contributed by atoms with van der Waals surface area (Å²) in [5, 5.41) is 16.1. The molecule has 0 radical (unpaired) electrons. The second kappa shape index (κ2) is 12.1. The number of aliphatic carboxylic acids is 1. The zero-order valence-electron chi connectivity index (χ0n) is 20.8. The molecule has 3 N–H and O–H groups in total. The van der Waals surface area contributed by atoms with E-state index in [9.17, 15) is 40.7 Å². The Morgan fingerprint density at radius 3 is 2.37 bits per heavy atom. The number of thioether (sulfide) groups is 1. The molecule has 0 aliphatic carbocycles. The first-order valence-corrected chi connectivity index (χ1v) is 14.1. The maximum atomic E-state index is 13.2. The van der Waals surface area contributed by atoms with E-state index in [0.717, 1.165) is 23.1 Å². The fourth-order valence-corrected chi connectivity index (χ4v) is 6.50. The van der Waals surface area contributed by atoms with E-state index in [0.29, 0.717) is 30.0 Å². The van der Waals surface area contributed by atoms with E-state index in [2.05, 4.69) is 10.6 Å². The second-order valence-electron chi connectivity index (χ2n) is 9.25. The number of carboxylic acid groups (broad SMARTS) is 1. The zero-order valence-corrected chi connectivity index (χ0v) is 23.2. The second-order valence-corrected chi connectivity index (χ2v) is 11.9. The van der Waals surface area contributed by atoms with Crippen LogP contribution in [0.5, 0.6) is 0 Å². The van der Waals surface area contributed by atoms with Gasteiger partial charge in [0.1, 0.15) is 10.4 Å². The molecule has 1 aromatic heterocycles. The predicted molar refractivity (Wildman–Crippen MR) is 145 cm³/mol. The fourth-order valence-electron chi connectivity index (χ4n) is 4.27. The van der Waals surface area contributed by atoms with E-state index in [1.807, 2.05) is 0 Å². The molecule has 0 unspecified atom stereocenters. The largest absolute Gasteiger partial charge is 0.480 e. The van der Waals surface area contributed by atoms with Crippen LogP contribution in [-0.4, -0.2) is 57.3 Å². The quantitative estimate of drug-likeness (QED) is 0.214. The van der Waals surface area contributed by atoms with Crippen molar-refractivity contribution in [2.75, 3.05) is 13.1 Å². The Balaban J connectivity index is 1.43. The van der Waals surface area contributed by atoms with E-state index >= 15 is 0 Å². The van der Waals surface area contributed by atoms with Crippen LogP contribution in [0.4, 0.5) is 26.3 Å². The van der Waals surface area contributed by atoms with Crippen LogP contribution in [0, 0.1) is 0 Å². The van der Waals surface area contributed by atoms with Crippen LogP contribution in [0.15, 0.2) is 34.6 Å². The molecule has 4 rings (SSSR count). The number of halogens is 6. The maximum Gasteiger partial charge on any atom is 0.416 e. The number of alkyl halides is 6. The minimum absolute atomic E-state index is 0.0265. The SMILES string of the molecule is O=C(CCN1C(=O)/C(=C/c2cc(-c3cc(C(F)(F)F)cc(C(F)(F)F)c3)cs2)SC1=S)N[C@H]1CCN[C@H](C(=O)O)C1. The van der Waals surface area contributed by atoms with Gasteiger partial charge in [-0.3, -0.25) is 19.3 Å². The molecule has 2 aromatic rings. The van der Waals surface area contributed by atoms with Crippen LogP contribution in [-0.2, 0) is 26.7 Å². The van der Waals surface area contributed by atoms with Crippen LogP contribution < -0.4 is 10.6 Å². The molecule has 2 atom stereocenters. The molecule has 7 nitrogen and oxygen atoms in total. The summed E-state index contributed by atoms with van der Waals surface area (Å²) in [6.45, 7) is 0.407. The van der Waals surface area contributed by atoms with Crippen molar-refractivity contribution in [2.24, 2.45) is 0 Å². The highest BCUT2D eigenvalue weighted by Crippen LogP contribution is 2.40. The predicted octanol–water partition coefficient (Wildman–Crippen LogP) is 5.37. The summed E-state index contributed by atoms with van der Waals surface area (Å²) >= 11 is 7.24. The van der Waals surface area contributed by atoms with Crippen molar-refractivity contribution >= 4 is 63.5 Å². The molecule has 2 aliphatic heterocycles. The molecular weight excluding hydrogens is 616 g/mol. The van der Waals surface area contributed by atoms with Crippen LogP contribution in [0.2, 0.25) is 0 Å². The van der Waals surface area contributed by atoms with Gasteiger partial charge >= 0.3 is 18.3 Å². The van der Waals surface area contributed by atoms with Gasteiger partial charge in [0.2, 0.25) is 5.91 Å². The van der Waals surface area contributed by atoms with Crippen LogP contribution >= 0.6 is 35.3 Å². The van der Waals surface area contributed by atoms with Gasteiger partial charge < -0.3 is 15.7 Å². The Kier molecular flexibility index (Phi) is 9.16. The van der Waals surface area contributed by atoms with E-state index in [-0.39, 0.29) is 57.8 Å². The molecule has 16 heteroatoms. The van der Waals surface area contributed by atoms with Crippen molar-refractivity contribution in [3.05, 3.63) is 50.6 Å². The summed E-state index contributed by atoms with van der Waals surface area (Å²) in [4.78, 5) is 38.3. The molecule has 2 aliphatic rings. The van der Waals surface area contributed by atoms with Crippen molar-refractivity contribution in [3.8, 4) is 11.1 Å². The van der Waals surface area contributed by atoms with E-state index in [1.54, 1.807) is 0 Å². The molecule has 2 fully saturated rings. The van der Waals surface area contributed by atoms with Gasteiger partial charge in [0.15, 0.2) is 0 Å². The molecule has 3 heterocycles. The van der Waals surface area contributed by atoms with Crippen LogP contribution in [0.3, 0.4) is 0 Å². The van der Waals surface area contributed by atoms with Crippen molar-refractivity contribution in [1.82, 2.24) is 15.5 Å². The lowest BCUT2D eigenvalue weighted by molar-refractivity contribution is -0.143. The van der Waals surface area contributed by atoms with Gasteiger partial charge in [0, 0.05) is 23.9 Å². The average molecular weight is 638 g/mol. The number of nitrogens with one attached hydrogen (secondary N) is 2. The average Bonchev–Trinajstić information content (AvgIpc) is 3.45. The minimum atomic E-state index is -4.98. The molecule has 220 valence electrons. The van der Waals surface area contributed by atoms with Gasteiger partial charge in [0.25, 0.3) is 5.91 Å². The first kappa shape index (κ1) is 31.0. The Morgan fingerprint density at radius 2 is 1.76 bits per heavy atom. The molecule has 0 saturated carbocycles. The van der Waals surface area contributed by atoms with Crippen molar-refractivity contribution in [2.45, 2.75) is 43.7 Å². The number of benzene rings is 1. The topological polar surface area (TPSA) is 98.7 Å². The Hall–Kier alpha value is -2.95. The number of hydrogen-bond acceptors (Lipinski definition) is 7. The molecule has 1 aromatic carbocycles. The summed E-state index contributed by atoms with van der Waals surface area (Å²) < 4.78 is 79.6. The van der Waals surface area contributed by atoms with E-state index in [4.69, 9.17) is 17.3 Å². The highest BCUT2D eigenvalue weighted by Gasteiger charge is 2.37. The smallest absolute Gasteiger partial charge is 0.416 e. The summed E-state index contributed by atoms with van der Waals surface area (Å²) in [6.07, 6.45) is -7.82. The monoisotopic (exact) mass is 637 g/mol. The number of amides is 2. The van der Waals surface area contributed by atoms with Crippen molar-refractivity contribution < 1.29 is 45.8 Å². The van der Waals surface area contributed by atoms with Gasteiger partial charge in [-0.15, -0.1) is 11.3 Å². The number of hydrogen-bond donors (Lipinski definition) is 3. The van der Waals surface area contributed by atoms with Gasteiger partial charge in [-0.1, -0.05) is 24.0 Å². The number of piperidine rings is 1. The third kappa shape index (κ3) is 7.67. The van der Waals surface area contributed by atoms with Gasteiger partial charge in [0.05, 0.1) is 16.0 Å². The van der Waals surface area contributed by atoms with Crippen LogP contribution in [0.25, 0.3) is 17.2 Å². The first-order valence-electron chi connectivity index (χ1n) is 12.0. The first-order chi connectivity index (χ1) is 19.1. The minimum Gasteiger partial charge on any atom is -0.480 e. The normalized spacial score (nSPS) is 21.0. The Labute approximate surface area is 243 Å². The number of thiophene rings is 1. The number of carboxylic acids is 1. The summed E-state index contributed by atoms with van der Waals surface area (Å²) in [6, 6.07) is 1.62. The molecule has 2 amide bonds. The maximum absolute atomic E-state index is 13.2. The summed E-state index contributed by atoms with van der Waals surface area (Å²) in [7, 11) is 0. The fraction of sp³-hybridized carbons (Fsp3) is 0.360. The van der Waals surface area contributed by atoms with E-state index < -0.39 is 41.4 Å². The lowest BCUT2D eigenvalue weighted by atomic mass is 9.99. The lowest BCUT2D eigenvalue weighted by Crippen LogP contribution is -2.51. The molecule has 0 bridgehead atoms. The van der Waals surface area contributed by atoms with Gasteiger partial charge in [-0.05, 0) is 66.2 Å². The third-order valence-electron chi connectivity index (χ3n) is 6.32. The van der Waals surface area contributed by atoms with Gasteiger partial charge in [-0.25, -0.2) is 0 Å². The lowest BCUT2D eigenvalue weighted by Gasteiger charge is -2.28. The number of rotatable bonds is 7. The van der Waals surface area contributed by atoms with E-state index in [1.165, 1.54) is 22.4 Å². The van der Waals surface area contributed by atoms with Crippen molar-refractivity contribution in [1.29, 1.82) is 0 Å². The van der Waals surface area contributed by atoms with Gasteiger partial charge in [-0.2, -0.15) is 26.3 Å². The Morgan fingerprint density at radius 1 is 1.10 bits per heavy atom. The standard InChI is InChI=1S/C25H21F6N3O4S3/c26-24(27,28)14-5-12(6-15(8-14)25(29,30)31)13-7-17(40-11-13)10-19-21(36)34(23(39)41-19)4-2-20(35)33-16-1-3-32-18(9-16)22(37)38/h5-8,10-11,16,18,32H,1-4,9H2,(H,33,35)(H,37,38)/b19-10-/t16-,18-/m0/s1. The zero-order chi connectivity index (χ0) is 30.1. The van der Waals surface area contributed by atoms with Crippen molar-refractivity contribution in [3.63, 3.8) is 0 Å². The summed E-state index contributed by atoms with van der Waals surface area (Å²) in [5.41, 5.74) is -3.01. The number of carbonyl (C=O) groups is 3. The highest BCUT2D eigenvalue weighted by molar-refractivity contribution is 8.26. The molecule has 2 saturated heterocycles. The number of thiocarbonyl (C=S) groups is 1. The number of nitrogens with zero attached hydrogens (tertiary/aromatic N) is 1. The van der Waals surface area contributed by atoms with Crippen LogP contribution in [0.1, 0.15) is 35.3 Å². The Bertz CT molecular complexity index is 1370. The number of carbonyl (C=O) groups excluding carboxylic acids is 2. The highest BCUT2D eigenvalue weighted by atomic mass is 32.2.